The fourth-order valence-electron chi connectivity index (χ4n) is 3.41. The van der Waals surface area contributed by atoms with Crippen molar-refractivity contribution < 1.29 is 0 Å². The molecule has 1 N–H and O–H groups in total. The van der Waals surface area contributed by atoms with Crippen molar-refractivity contribution in [2.24, 2.45) is 0 Å². The van der Waals surface area contributed by atoms with Gasteiger partial charge >= 0.3 is 0 Å². The number of rotatable bonds is 3. The number of nitrogens with one attached hydrogen (secondary N) is 1. The summed E-state index contributed by atoms with van der Waals surface area (Å²) in [6, 6.07) is 19.0. The van der Waals surface area contributed by atoms with Gasteiger partial charge < -0.3 is 5.32 Å². The Labute approximate surface area is 167 Å². The fraction of sp³-hybridized carbons (Fsp3) is 0.130. The fourth-order valence-corrected chi connectivity index (χ4v) is 4.53. The predicted molar refractivity (Wildman–Crippen MR) is 118 cm³/mol. The SMILES string of the molecule is Cc1ccc(Nc2ccc3ncc(-c4cc5cccc(C)c5s4)n3n2)cc1C. The van der Waals surface area contributed by atoms with Gasteiger partial charge in [-0.3, -0.25) is 0 Å². The molecule has 5 aromatic rings. The van der Waals surface area contributed by atoms with Crippen LogP contribution in [0.1, 0.15) is 16.7 Å². The predicted octanol–water partition coefficient (Wildman–Crippen LogP) is 6.28. The van der Waals surface area contributed by atoms with Gasteiger partial charge in [-0.1, -0.05) is 24.3 Å². The van der Waals surface area contributed by atoms with Gasteiger partial charge in [-0.2, -0.15) is 0 Å². The number of imidazole rings is 1. The molecule has 2 aromatic carbocycles. The third-order valence-electron chi connectivity index (χ3n) is 5.14. The summed E-state index contributed by atoms with van der Waals surface area (Å²) in [6.45, 7) is 6.39. The number of hydrogen-bond donors (Lipinski definition) is 1. The molecule has 0 aliphatic rings. The van der Waals surface area contributed by atoms with Crippen LogP contribution in [0.3, 0.4) is 0 Å². The molecule has 0 aliphatic carbocycles. The maximum absolute atomic E-state index is 4.80. The molecule has 5 rings (SSSR count). The standard InChI is InChI=1S/C23H20N4S/c1-14-7-8-18(11-16(14)3)25-21-9-10-22-24-13-19(27(22)26-21)20-12-17-6-4-5-15(2)23(17)28-20/h4-13H,1-3H3,(H,25,26). The molecule has 4 nitrogen and oxygen atoms in total. The Balaban J connectivity index is 1.57. The quantitative estimate of drug-likeness (QED) is 0.398. The second-order valence-corrected chi connectivity index (χ2v) is 8.21. The molecule has 0 unspecified atom stereocenters. The summed E-state index contributed by atoms with van der Waals surface area (Å²) in [5.41, 5.74) is 6.73. The molecule has 3 aromatic heterocycles. The third-order valence-corrected chi connectivity index (χ3v) is 6.44. The van der Waals surface area contributed by atoms with Gasteiger partial charge in [0.15, 0.2) is 11.5 Å². The smallest absolute Gasteiger partial charge is 0.154 e. The van der Waals surface area contributed by atoms with E-state index in [0.717, 1.165) is 22.8 Å². The summed E-state index contributed by atoms with van der Waals surface area (Å²) < 4.78 is 3.24. The number of thiophene rings is 1. The number of hydrogen-bond acceptors (Lipinski definition) is 4. The zero-order valence-electron chi connectivity index (χ0n) is 16.0. The highest BCUT2D eigenvalue weighted by Gasteiger charge is 2.12. The average Bonchev–Trinajstić information content (AvgIpc) is 3.29. The highest BCUT2D eigenvalue weighted by atomic mass is 32.1. The van der Waals surface area contributed by atoms with Crippen LogP contribution in [0.4, 0.5) is 11.5 Å². The van der Waals surface area contributed by atoms with Crippen LogP contribution in [0.2, 0.25) is 0 Å². The lowest BCUT2D eigenvalue weighted by Crippen LogP contribution is -2.00. The normalized spacial score (nSPS) is 11.4. The van der Waals surface area contributed by atoms with Crippen molar-refractivity contribution >= 4 is 38.6 Å². The first kappa shape index (κ1) is 17.0. The molecule has 0 saturated carbocycles. The largest absolute Gasteiger partial charge is 0.339 e. The van der Waals surface area contributed by atoms with E-state index in [1.165, 1.54) is 31.7 Å². The molecule has 138 valence electrons. The van der Waals surface area contributed by atoms with Gasteiger partial charge in [0.25, 0.3) is 0 Å². The first-order chi connectivity index (χ1) is 13.6. The Kier molecular flexibility index (Phi) is 3.91. The molecule has 5 heteroatoms. The van der Waals surface area contributed by atoms with E-state index in [4.69, 9.17) is 5.10 Å². The van der Waals surface area contributed by atoms with Crippen molar-refractivity contribution in [1.82, 2.24) is 14.6 Å². The molecule has 0 saturated heterocycles. The Bertz CT molecular complexity index is 1330. The van der Waals surface area contributed by atoms with E-state index < -0.39 is 0 Å². The zero-order valence-corrected chi connectivity index (χ0v) is 16.8. The van der Waals surface area contributed by atoms with Gasteiger partial charge in [0.2, 0.25) is 0 Å². The lowest BCUT2D eigenvalue weighted by atomic mass is 10.1. The van der Waals surface area contributed by atoms with Crippen LogP contribution in [0.5, 0.6) is 0 Å². The number of aromatic nitrogens is 3. The van der Waals surface area contributed by atoms with Gasteiger partial charge in [-0.15, -0.1) is 16.4 Å². The summed E-state index contributed by atoms with van der Waals surface area (Å²) in [7, 11) is 0. The second-order valence-electron chi connectivity index (χ2n) is 7.16. The van der Waals surface area contributed by atoms with Crippen LogP contribution < -0.4 is 5.32 Å². The minimum atomic E-state index is 0.798. The lowest BCUT2D eigenvalue weighted by molar-refractivity contribution is 0.950. The maximum Gasteiger partial charge on any atom is 0.154 e. The molecular weight excluding hydrogens is 364 g/mol. The highest BCUT2D eigenvalue weighted by Crippen LogP contribution is 2.35. The number of nitrogens with zero attached hydrogens (tertiary/aromatic N) is 3. The van der Waals surface area contributed by atoms with Crippen LogP contribution in [-0.2, 0) is 0 Å². The molecule has 0 amide bonds. The van der Waals surface area contributed by atoms with Gasteiger partial charge in [0.05, 0.1) is 11.1 Å². The van der Waals surface area contributed by atoms with E-state index in [9.17, 15) is 0 Å². The van der Waals surface area contributed by atoms with Gasteiger partial charge in [-0.25, -0.2) is 9.50 Å². The summed E-state index contributed by atoms with van der Waals surface area (Å²) >= 11 is 1.79. The highest BCUT2D eigenvalue weighted by molar-refractivity contribution is 7.22. The topological polar surface area (TPSA) is 42.2 Å². The van der Waals surface area contributed by atoms with E-state index in [0.29, 0.717) is 0 Å². The van der Waals surface area contributed by atoms with Gasteiger partial charge in [0.1, 0.15) is 5.69 Å². The Hall–Kier alpha value is -3.18. The molecule has 28 heavy (non-hydrogen) atoms. The van der Waals surface area contributed by atoms with Gasteiger partial charge in [0, 0.05) is 10.4 Å². The molecule has 0 atom stereocenters. The third kappa shape index (κ3) is 2.84. The van der Waals surface area contributed by atoms with E-state index in [2.05, 4.69) is 73.5 Å². The molecule has 0 spiro atoms. The first-order valence-electron chi connectivity index (χ1n) is 9.27. The van der Waals surface area contributed by atoms with Crippen LogP contribution in [0, 0.1) is 20.8 Å². The van der Waals surface area contributed by atoms with Gasteiger partial charge in [-0.05, 0) is 73.2 Å². The summed E-state index contributed by atoms with van der Waals surface area (Å²) in [5.74, 6) is 0.798. The van der Waals surface area contributed by atoms with Crippen molar-refractivity contribution in [2.75, 3.05) is 5.32 Å². The van der Waals surface area contributed by atoms with Crippen LogP contribution in [0.15, 0.2) is 60.8 Å². The van der Waals surface area contributed by atoms with E-state index in [1.807, 2.05) is 22.8 Å². The minimum Gasteiger partial charge on any atom is -0.339 e. The van der Waals surface area contributed by atoms with E-state index in [1.54, 1.807) is 11.3 Å². The van der Waals surface area contributed by atoms with Crippen molar-refractivity contribution in [1.29, 1.82) is 0 Å². The number of fused-ring (bicyclic) bond motifs is 2. The van der Waals surface area contributed by atoms with E-state index in [-0.39, 0.29) is 0 Å². The molecular formula is C23H20N4S. The van der Waals surface area contributed by atoms with Crippen molar-refractivity contribution in [3.8, 4) is 10.6 Å². The molecule has 0 bridgehead atoms. The first-order valence-corrected chi connectivity index (χ1v) is 10.1. The van der Waals surface area contributed by atoms with Crippen molar-refractivity contribution in [2.45, 2.75) is 20.8 Å². The summed E-state index contributed by atoms with van der Waals surface area (Å²) in [6.07, 6.45) is 1.90. The number of anilines is 2. The van der Waals surface area contributed by atoms with E-state index >= 15 is 0 Å². The van der Waals surface area contributed by atoms with Crippen molar-refractivity contribution in [3.63, 3.8) is 0 Å². The van der Waals surface area contributed by atoms with Crippen molar-refractivity contribution in [3.05, 3.63) is 77.5 Å². The number of benzene rings is 2. The molecule has 0 radical (unpaired) electrons. The monoisotopic (exact) mass is 384 g/mol. The molecule has 3 heterocycles. The minimum absolute atomic E-state index is 0.798. The molecule has 0 aliphatic heterocycles. The number of aryl methyl sites for hydroxylation is 3. The zero-order chi connectivity index (χ0) is 19.3. The summed E-state index contributed by atoms with van der Waals surface area (Å²) in [5, 5.41) is 9.48. The second kappa shape index (κ2) is 6.46. The Morgan fingerprint density at radius 3 is 2.61 bits per heavy atom. The van der Waals surface area contributed by atoms with Crippen LogP contribution >= 0.6 is 11.3 Å². The Morgan fingerprint density at radius 2 is 1.79 bits per heavy atom. The average molecular weight is 385 g/mol. The molecule has 0 fully saturated rings. The Morgan fingerprint density at radius 1 is 0.893 bits per heavy atom. The van der Waals surface area contributed by atoms with Crippen LogP contribution in [-0.4, -0.2) is 14.6 Å². The van der Waals surface area contributed by atoms with Crippen LogP contribution in [0.25, 0.3) is 26.3 Å². The lowest BCUT2D eigenvalue weighted by Gasteiger charge is -2.08. The summed E-state index contributed by atoms with van der Waals surface area (Å²) in [4.78, 5) is 5.71. The maximum atomic E-state index is 4.80.